The molecule has 7 nitrogen and oxygen atoms in total. The summed E-state index contributed by atoms with van der Waals surface area (Å²) in [4.78, 5) is 19.3. The fraction of sp³-hybridized carbons (Fsp3) is 0.667. The molecule has 0 atom stereocenters. The van der Waals surface area contributed by atoms with E-state index in [1.807, 2.05) is 17.0 Å². The normalized spacial score (nSPS) is 17.9. The van der Waals surface area contributed by atoms with Gasteiger partial charge in [-0.25, -0.2) is 4.79 Å². The lowest BCUT2D eigenvalue weighted by Crippen LogP contribution is -2.45. The molecule has 0 aliphatic carbocycles. The summed E-state index contributed by atoms with van der Waals surface area (Å²) in [7, 11) is 5.47. The van der Waals surface area contributed by atoms with E-state index in [1.54, 1.807) is 14.2 Å². The van der Waals surface area contributed by atoms with Crippen LogP contribution in [0.5, 0.6) is 11.5 Å². The molecule has 1 saturated heterocycles. The minimum Gasteiger partial charge on any atom is -0.493 e. The first-order valence-corrected chi connectivity index (χ1v) is 10.3. The van der Waals surface area contributed by atoms with Gasteiger partial charge in [-0.15, -0.1) is 0 Å². The standard InChI is InChI=1S/C21H34N4O3/c1-23-10-12-24(13-11-23)8-5-4-7-22-21(26)25-9-6-17-14-19(27-2)20(28-3)15-18(17)16-25/h14-15H,4-13,16H2,1-3H3,(H,22,26). The van der Waals surface area contributed by atoms with Crippen LogP contribution in [0.1, 0.15) is 24.0 Å². The Morgan fingerprint density at radius 3 is 2.36 bits per heavy atom. The van der Waals surface area contributed by atoms with Crippen molar-refractivity contribution in [3.8, 4) is 11.5 Å². The zero-order chi connectivity index (χ0) is 19.9. The summed E-state index contributed by atoms with van der Waals surface area (Å²) in [6.45, 7) is 7.84. The summed E-state index contributed by atoms with van der Waals surface area (Å²) in [5.41, 5.74) is 2.36. The molecule has 0 aromatic heterocycles. The van der Waals surface area contributed by atoms with Crippen LogP contribution < -0.4 is 14.8 Å². The minimum atomic E-state index is 0.0278. The predicted molar refractivity (Wildman–Crippen MR) is 110 cm³/mol. The second kappa shape index (κ2) is 9.98. The third-order valence-electron chi connectivity index (χ3n) is 5.78. The number of hydrogen-bond acceptors (Lipinski definition) is 5. The van der Waals surface area contributed by atoms with E-state index in [0.29, 0.717) is 12.3 Å². The molecule has 0 spiro atoms. The maximum atomic E-state index is 12.5. The SMILES string of the molecule is COc1cc2c(cc1OC)CN(C(=O)NCCCCN1CCN(C)CC1)CC2. The van der Waals surface area contributed by atoms with Gasteiger partial charge in [0.25, 0.3) is 0 Å². The quantitative estimate of drug-likeness (QED) is 0.720. The van der Waals surface area contributed by atoms with Gasteiger partial charge in [0.15, 0.2) is 11.5 Å². The first kappa shape index (κ1) is 20.7. The Hall–Kier alpha value is -1.99. The van der Waals surface area contributed by atoms with Crippen molar-refractivity contribution in [2.45, 2.75) is 25.8 Å². The molecule has 1 N–H and O–H groups in total. The smallest absolute Gasteiger partial charge is 0.317 e. The van der Waals surface area contributed by atoms with Crippen LogP contribution in [0.2, 0.25) is 0 Å². The van der Waals surface area contributed by atoms with Crippen molar-refractivity contribution in [2.75, 3.05) is 67.1 Å². The number of fused-ring (bicyclic) bond motifs is 1. The number of piperazine rings is 1. The van der Waals surface area contributed by atoms with Crippen LogP contribution in [0.25, 0.3) is 0 Å². The van der Waals surface area contributed by atoms with Crippen molar-refractivity contribution >= 4 is 6.03 Å². The van der Waals surface area contributed by atoms with Gasteiger partial charge in [0.2, 0.25) is 0 Å². The lowest BCUT2D eigenvalue weighted by Gasteiger charge is -2.32. The van der Waals surface area contributed by atoms with Gasteiger partial charge in [0.05, 0.1) is 14.2 Å². The number of nitrogens with one attached hydrogen (secondary N) is 1. The Labute approximate surface area is 168 Å². The molecule has 2 amide bonds. The van der Waals surface area contributed by atoms with E-state index < -0.39 is 0 Å². The van der Waals surface area contributed by atoms with Gasteiger partial charge in [0.1, 0.15) is 0 Å². The molecule has 3 rings (SSSR count). The molecule has 28 heavy (non-hydrogen) atoms. The van der Waals surface area contributed by atoms with Crippen LogP contribution in [-0.2, 0) is 13.0 Å². The van der Waals surface area contributed by atoms with Gasteiger partial charge in [-0.1, -0.05) is 0 Å². The van der Waals surface area contributed by atoms with E-state index in [2.05, 4.69) is 22.2 Å². The molecule has 1 aromatic rings. The Morgan fingerprint density at radius 2 is 1.68 bits per heavy atom. The van der Waals surface area contributed by atoms with Gasteiger partial charge in [-0.05, 0) is 56.1 Å². The third kappa shape index (κ3) is 5.29. The molecular weight excluding hydrogens is 356 g/mol. The monoisotopic (exact) mass is 390 g/mol. The van der Waals surface area contributed by atoms with Gasteiger partial charge >= 0.3 is 6.03 Å². The molecule has 2 aliphatic rings. The minimum absolute atomic E-state index is 0.0278. The predicted octanol–water partition coefficient (Wildman–Crippen LogP) is 1.80. The molecule has 0 radical (unpaired) electrons. The maximum absolute atomic E-state index is 12.5. The summed E-state index contributed by atoms with van der Waals surface area (Å²) < 4.78 is 10.8. The number of rotatable bonds is 7. The zero-order valence-corrected chi connectivity index (χ0v) is 17.5. The summed E-state index contributed by atoms with van der Waals surface area (Å²) in [6.07, 6.45) is 2.99. The van der Waals surface area contributed by atoms with Crippen LogP contribution in [0.3, 0.4) is 0 Å². The second-order valence-corrected chi connectivity index (χ2v) is 7.73. The van der Waals surface area contributed by atoms with E-state index in [-0.39, 0.29) is 6.03 Å². The maximum Gasteiger partial charge on any atom is 0.317 e. The highest BCUT2D eigenvalue weighted by Gasteiger charge is 2.22. The van der Waals surface area contributed by atoms with Crippen molar-refractivity contribution in [3.05, 3.63) is 23.3 Å². The lowest BCUT2D eigenvalue weighted by molar-refractivity contribution is 0.152. The average molecular weight is 391 g/mol. The van der Waals surface area contributed by atoms with Gasteiger partial charge < -0.3 is 29.5 Å². The van der Waals surface area contributed by atoms with Crippen LogP contribution in [0.4, 0.5) is 4.79 Å². The first-order chi connectivity index (χ1) is 13.6. The Bertz CT molecular complexity index is 659. The van der Waals surface area contributed by atoms with E-state index >= 15 is 0 Å². The number of carbonyl (C=O) groups is 1. The largest absolute Gasteiger partial charge is 0.493 e. The van der Waals surface area contributed by atoms with Crippen molar-refractivity contribution < 1.29 is 14.3 Å². The second-order valence-electron chi connectivity index (χ2n) is 7.73. The highest BCUT2D eigenvalue weighted by Crippen LogP contribution is 2.33. The van der Waals surface area contributed by atoms with E-state index in [0.717, 1.165) is 76.4 Å². The van der Waals surface area contributed by atoms with Crippen LogP contribution in [0.15, 0.2) is 12.1 Å². The number of hydrogen-bond donors (Lipinski definition) is 1. The Balaban J connectivity index is 1.40. The molecule has 0 bridgehead atoms. The van der Waals surface area contributed by atoms with Crippen LogP contribution in [-0.4, -0.2) is 87.8 Å². The molecular formula is C21H34N4O3. The van der Waals surface area contributed by atoms with Crippen molar-refractivity contribution in [1.82, 2.24) is 20.0 Å². The molecule has 0 unspecified atom stereocenters. The van der Waals surface area contributed by atoms with E-state index in [1.165, 1.54) is 5.56 Å². The molecule has 0 saturated carbocycles. The fourth-order valence-corrected chi connectivity index (χ4v) is 3.90. The van der Waals surface area contributed by atoms with E-state index in [9.17, 15) is 4.79 Å². The highest BCUT2D eigenvalue weighted by molar-refractivity contribution is 5.74. The van der Waals surface area contributed by atoms with Gasteiger partial charge in [0, 0.05) is 45.8 Å². The topological polar surface area (TPSA) is 57.3 Å². The lowest BCUT2D eigenvalue weighted by atomic mass is 9.99. The van der Waals surface area contributed by atoms with Gasteiger partial charge in [-0.3, -0.25) is 0 Å². The number of benzene rings is 1. The number of amides is 2. The van der Waals surface area contributed by atoms with Crippen molar-refractivity contribution in [2.24, 2.45) is 0 Å². The van der Waals surface area contributed by atoms with Gasteiger partial charge in [-0.2, -0.15) is 0 Å². The number of unbranched alkanes of at least 4 members (excludes halogenated alkanes) is 1. The molecule has 1 fully saturated rings. The number of ether oxygens (including phenoxy) is 2. The molecule has 2 heterocycles. The number of nitrogens with zero attached hydrogens (tertiary/aromatic N) is 3. The summed E-state index contributed by atoms with van der Waals surface area (Å²) in [5, 5.41) is 3.08. The number of urea groups is 1. The highest BCUT2D eigenvalue weighted by atomic mass is 16.5. The van der Waals surface area contributed by atoms with Crippen molar-refractivity contribution in [1.29, 1.82) is 0 Å². The summed E-state index contributed by atoms with van der Waals surface area (Å²) in [5.74, 6) is 1.46. The number of likely N-dealkylation sites (N-methyl/N-ethyl adjacent to an activating group) is 1. The number of carbonyl (C=O) groups excluding carboxylic acids is 1. The number of methoxy groups -OCH3 is 2. The molecule has 2 aliphatic heterocycles. The van der Waals surface area contributed by atoms with Crippen LogP contribution in [0, 0.1) is 0 Å². The fourth-order valence-electron chi connectivity index (χ4n) is 3.90. The molecule has 7 heteroatoms. The Morgan fingerprint density at radius 1 is 1.00 bits per heavy atom. The average Bonchev–Trinajstić information content (AvgIpc) is 2.73. The zero-order valence-electron chi connectivity index (χ0n) is 17.5. The summed E-state index contributed by atoms with van der Waals surface area (Å²) in [6, 6.07) is 4.05. The molecule has 1 aromatic carbocycles. The van der Waals surface area contributed by atoms with E-state index in [4.69, 9.17) is 9.47 Å². The van der Waals surface area contributed by atoms with Crippen molar-refractivity contribution in [3.63, 3.8) is 0 Å². The summed E-state index contributed by atoms with van der Waals surface area (Å²) >= 11 is 0. The third-order valence-corrected chi connectivity index (χ3v) is 5.78. The Kier molecular flexibility index (Phi) is 7.39. The molecule has 156 valence electrons. The van der Waals surface area contributed by atoms with Crippen LogP contribution >= 0.6 is 0 Å². The first-order valence-electron chi connectivity index (χ1n) is 10.3.